The number of hydrogen-bond acceptors (Lipinski definition) is 3. The highest BCUT2D eigenvalue weighted by atomic mass is 16.1. The van der Waals surface area contributed by atoms with Crippen LogP contribution in [0.3, 0.4) is 0 Å². The lowest BCUT2D eigenvalue weighted by atomic mass is 9.96. The van der Waals surface area contributed by atoms with Crippen LogP contribution in [0.15, 0.2) is 18.2 Å². The van der Waals surface area contributed by atoms with E-state index in [2.05, 4.69) is 51.8 Å². The van der Waals surface area contributed by atoms with Crippen molar-refractivity contribution in [2.75, 3.05) is 13.1 Å². The van der Waals surface area contributed by atoms with Gasteiger partial charge >= 0.3 is 0 Å². The third-order valence-electron chi connectivity index (χ3n) is 5.19. The van der Waals surface area contributed by atoms with Crippen LogP contribution in [0.25, 0.3) is 11.0 Å². The lowest BCUT2D eigenvalue weighted by molar-refractivity contribution is -0.127. The van der Waals surface area contributed by atoms with Gasteiger partial charge < -0.3 is 14.8 Å². The average Bonchev–Trinajstić information content (AvgIpc) is 2.86. The van der Waals surface area contributed by atoms with Crippen molar-refractivity contribution in [3.63, 3.8) is 0 Å². The van der Waals surface area contributed by atoms with Crippen LogP contribution >= 0.6 is 0 Å². The first kappa shape index (κ1) is 17.0. The zero-order valence-corrected chi connectivity index (χ0v) is 15.2. The van der Waals surface area contributed by atoms with Gasteiger partial charge in [-0.05, 0) is 57.9 Å². The predicted molar refractivity (Wildman–Crippen MR) is 96.7 cm³/mol. The number of imidazole rings is 1. The van der Waals surface area contributed by atoms with Crippen molar-refractivity contribution < 1.29 is 4.79 Å². The number of fused-ring (bicyclic) bond motifs is 1. The Hall–Kier alpha value is -1.88. The summed E-state index contributed by atoms with van der Waals surface area (Å²) in [7, 11) is 2.02. The number of piperidine rings is 1. The highest BCUT2D eigenvalue weighted by molar-refractivity contribution is 5.80. The molecule has 5 nitrogen and oxygen atoms in total. The number of carbonyl (C=O) groups excluding carboxylic acids is 1. The Morgan fingerprint density at radius 3 is 2.96 bits per heavy atom. The lowest BCUT2D eigenvalue weighted by Crippen LogP contribution is -2.45. The molecular formula is C19H28N4O. The zero-order valence-electron chi connectivity index (χ0n) is 15.2. The molecule has 0 aliphatic carbocycles. The fraction of sp³-hybridized carbons (Fsp3) is 0.579. The number of nitrogens with one attached hydrogen (secondary N) is 1. The Balaban J connectivity index is 1.61. The van der Waals surface area contributed by atoms with Gasteiger partial charge in [-0.3, -0.25) is 4.79 Å². The van der Waals surface area contributed by atoms with E-state index in [4.69, 9.17) is 0 Å². The van der Waals surface area contributed by atoms with Gasteiger partial charge in [0.1, 0.15) is 5.82 Å². The molecule has 130 valence electrons. The Morgan fingerprint density at radius 1 is 1.42 bits per heavy atom. The van der Waals surface area contributed by atoms with E-state index in [-0.39, 0.29) is 11.8 Å². The smallest absolute Gasteiger partial charge is 0.224 e. The van der Waals surface area contributed by atoms with Crippen molar-refractivity contribution in [1.82, 2.24) is 19.8 Å². The van der Waals surface area contributed by atoms with Gasteiger partial charge in [0, 0.05) is 26.2 Å². The second-order valence-corrected chi connectivity index (χ2v) is 7.19. The molecule has 0 bridgehead atoms. The van der Waals surface area contributed by atoms with Crippen LogP contribution in [-0.4, -0.2) is 39.5 Å². The predicted octanol–water partition coefficient (Wildman–Crippen LogP) is 2.62. The fourth-order valence-corrected chi connectivity index (χ4v) is 3.50. The van der Waals surface area contributed by atoms with Crippen LogP contribution in [0.2, 0.25) is 0 Å². The molecule has 1 aromatic carbocycles. The van der Waals surface area contributed by atoms with Crippen molar-refractivity contribution in [3.8, 4) is 0 Å². The number of nitrogens with zero attached hydrogens (tertiary/aromatic N) is 3. The van der Waals surface area contributed by atoms with Crippen molar-refractivity contribution in [2.24, 2.45) is 13.0 Å². The first-order valence-corrected chi connectivity index (χ1v) is 8.89. The van der Waals surface area contributed by atoms with Gasteiger partial charge in [-0.25, -0.2) is 4.98 Å². The van der Waals surface area contributed by atoms with E-state index >= 15 is 0 Å². The third-order valence-corrected chi connectivity index (χ3v) is 5.19. The van der Waals surface area contributed by atoms with Crippen LogP contribution in [-0.2, 0) is 18.4 Å². The molecular weight excluding hydrogens is 300 g/mol. The summed E-state index contributed by atoms with van der Waals surface area (Å²) in [5.74, 6) is 1.29. The molecule has 0 radical (unpaired) electrons. The molecule has 1 N–H and O–H groups in total. The minimum Gasteiger partial charge on any atom is -0.352 e. The molecule has 5 heteroatoms. The molecule has 0 unspecified atom stereocenters. The first-order chi connectivity index (χ1) is 11.5. The van der Waals surface area contributed by atoms with Crippen molar-refractivity contribution in [2.45, 2.75) is 46.2 Å². The number of amides is 1. The van der Waals surface area contributed by atoms with Crippen LogP contribution in [0, 0.1) is 12.8 Å². The van der Waals surface area contributed by atoms with Gasteiger partial charge in [-0.1, -0.05) is 6.07 Å². The molecule has 1 aliphatic rings. The topological polar surface area (TPSA) is 50.2 Å². The number of likely N-dealkylation sites (tertiary alicyclic amines) is 1. The van der Waals surface area contributed by atoms with Gasteiger partial charge in [0.25, 0.3) is 0 Å². The van der Waals surface area contributed by atoms with Gasteiger partial charge in [0.15, 0.2) is 0 Å². The van der Waals surface area contributed by atoms with Gasteiger partial charge in [0.05, 0.1) is 17.0 Å². The molecule has 1 amide bonds. The molecule has 1 fully saturated rings. The fourth-order valence-electron chi connectivity index (χ4n) is 3.50. The summed E-state index contributed by atoms with van der Waals surface area (Å²) in [6, 6.07) is 6.74. The third kappa shape index (κ3) is 3.46. The zero-order chi connectivity index (χ0) is 17.3. The summed E-state index contributed by atoms with van der Waals surface area (Å²) in [6.07, 6.45) is 2.10. The summed E-state index contributed by atoms with van der Waals surface area (Å²) in [5.41, 5.74) is 3.22. The number of rotatable bonds is 4. The summed E-state index contributed by atoms with van der Waals surface area (Å²) < 4.78 is 2.08. The van der Waals surface area contributed by atoms with Crippen molar-refractivity contribution >= 4 is 16.9 Å². The monoisotopic (exact) mass is 328 g/mol. The molecule has 1 atom stereocenters. The Morgan fingerprint density at radius 2 is 2.21 bits per heavy atom. The molecule has 24 heavy (non-hydrogen) atoms. The van der Waals surface area contributed by atoms with E-state index in [1.165, 1.54) is 0 Å². The Labute approximate surface area is 144 Å². The summed E-state index contributed by atoms with van der Waals surface area (Å²) >= 11 is 0. The second-order valence-electron chi connectivity index (χ2n) is 7.19. The molecule has 2 aromatic rings. The molecule has 0 saturated carbocycles. The average molecular weight is 328 g/mol. The van der Waals surface area contributed by atoms with Crippen LogP contribution < -0.4 is 5.32 Å². The standard InChI is InChI=1S/C19H28N4O/c1-13(2)23-9-5-6-16(12-23)19(24)20-11-15-7-8-18-17(10-15)21-14(3)22(18)4/h7-8,10,13,16H,5-6,9,11-12H2,1-4H3,(H,20,24)/t16-/m0/s1. The summed E-state index contributed by atoms with van der Waals surface area (Å²) in [6.45, 7) is 8.96. The van der Waals surface area contributed by atoms with E-state index < -0.39 is 0 Å². The quantitative estimate of drug-likeness (QED) is 0.938. The number of carbonyl (C=O) groups is 1. The first-order valence-electron chi connectivity index (χ1n) is 8.89. The molecule has 2 heterocycles. The van der Waals surface area contributed by atoms with Gasteiger partial charge in [0.2, 0.25) is 5.91 Å². The van der Waals surface area contributed by atoms with Crippen molar-refractivity contribution in [3.05, 3.63) is 29.6 Å². The van der Waals surface area contributed by atoms with E-state index in [9.17, 15) is 4.79 Å². The maximum absolute atomic E-state index is 12.5. The summed E-state index contributed by atoms with van der Waals surface area (Å²) in [4.78, 5) is 19.5. The Kier molecular flexibility index (Phi) is 4.90. The SMILES string of the molecule is Cc1nc2cc(CNC(=O)[C@H]3CCCN(C(C)C)C3)ccc2n1C. The van der Waals surface area contributed by atoms with E-state index in [0.29, 0.717) is 12.6 Å². The molecule has 3 rings (SSSR count). The molecule has 0 spiro atoms. The molecule has 1 aromatic heterocycles. The van der Waals surface area contributed by atoms with E-state index in [1.807, 2.05) is 14.0 Å². The van der Waals surface area contributed by atoms with Crippen LogP contribution in [0.5, 0.6) is 0 Å². The highest BCUT2D eigenvalue weighted by Gasteiger charge is 2.26. The number of benzene rings is 1. The Bertz CT molecular complexity index is 734. The number of hydrogen-bond donors (Lipinski definition) is 1. The number of aromatic nitrogens is 2. The lowest BCUT2D eigenvalue weighted by Gasteiger charge is -2.34. The largest absolute Gasteiger partial charge is 0.352 e. The molecule has 1 saturated heterocycles. The van der Waals surface area contributed by atoms with Crippen LogP contribution in [0.1, 0.15) is 38.1 Å². The minimum atomic E-state index is 0.113. The van der Waals surface area contributed by atoms with Crippen molar-refractivity contribution in [1.29, 1.82) is 0 Å². The highest BCUT2D eigenvalue weighted by Crippen LogP contribution is 2.19. The maximum atomic E-state index is 12.5. The normalized spacial score (nSPS) is 19.1. The van der Waals surface area contributed by atoms with E-state index in [0.717, 1.165) is 48.4 Å². The maximum Gasteiger partial charge on any atom is 0.224 e. The molecule has 1 aliphatic heterocycles. The van der Waals surface area contributed by atoms with Crippen LogP contribution in [0.4, 0.5) is 0 Å². The summed E-state index contributed by atoms with van der Waals surface area (Å²) in [5, 5.41) is 3.11. The van der Waals surface area contributed by atoms with Gasteiger partial charge in [-0.2, -0.15) is 0 Å². The second kappa shape index (κ2) is 6.93. The van der Waals surface area contributed by atoms with Gasteiger partial charge in [-0.15, -0.1) is 0 Å². The van der Waals surface area contributed by atoms with E-state index in [1.54, 1.807) is 0 Å². The number of aryl methyl sites for hydroxylation is 2. The minimum absolute atomic E-state index is 0.113.